The minimum absolute atomic E-state index is 0.0625. The fourth-order valence-corrected chi connectivity index (χ4v) is 3.84. The summed E-state index contributed by atoms with van der Waals surface area (Å²) in [5.41, 5.74) is 4.37. The van der Waals surface area contributed by atoms with Crippen molar-refractivity contribution in [2.75, 3.05) is 5.75 Å². The van der Waals surface area contributed by atoms with Crippen LogP contribution in [0.15, 0.2) is 60.0 Å². The summed E-state index contributed by atoms with van der Waals surface area (Å²) in [6.07, 6.45) is 7.02. The van der Waals surface area contributed by atoms with Gasteiger partial charge in [-0.3, -0.25) is 4.98 Å². The Morgan fingerprint density at radius 1 is 1.04 bits per heavy atom. The number of aromatic amines is 1. The molecule has 27 heavy (non-hydrogen) atoms. The lowest BCUT2D eigenvalue weighted by Crippen LogP contribution is -2.03. The third kappa shape index (κ3) is 3.21. The number of rotatable bonds is 4. The van der Waals surface area contributed by atoms with Gasteiger partial charge in [-0.1, -0.05) is 6.92 Å². The number of hydrogen-bond acceptors (Lipinski definition) is 5. The lowest BCUT2D eigenvalue weighted by atomic mass is 10.1. The molecule has 0 saturated heterocycles. The molecule has 0 bridgehead atoms. The fourth-order valence-electron chi connectivity index (χ4n) is 2.94. The van der Waals surface area contributed by atoms with Crippen molar-refractivity contribution in [2.24, 2.45) is 0 Å². The smallest absolute Gasteiger partial charge is 0.178 e. The maximum Gasteiger partial charge on any atom is 0.178 e. The number of pyridine rings is 1. The van der Waals surface area contributed by atoms with Crippen molar-refractivity contribution in [1.82, 2.24) is 19.9 Å². The zero-order chi connectivity index (χ0) is 19.0. The molecule has 0 amide bonds. The molecule has 1 aromatic carbocycles. The third-order valence-corrected chi connectivity index (χ3v) is 6.23. The van der Waals surface area contributed by atoms with Crippen molar-refractivity contribution in [3.63, 3.8) is 0 Å². The number of fused-ring (bicyclic) bond motifs is 1. The highest BCUT2D eigenvalue weighted by molar-refractivity contribution is 7.91. The first kappa shape index (κ1) is 17.4. The van der Waals surface area contributed by atoms with Crippen LogP contribution in [-0.2, 0) is 9.84 Å². The van der Waals surface area contributed by atoms with Gasteiger partial charge in [-0.15, -0.1) is 0 Å². The minimum atomic E-state index is -3.28. The molecule has 6 nitrogen and oxygen atoms in total. The molecule has 1 N–H and O–H groups in total. The van der Waals surface area contributed by atoms with E-state index in [1.54, 1.807) is 49.9 Å². The predicted octanol–water partition coefficient (Wildman–Crippen LogP) is 3.79. The zero-order valence-corrected chi connectivity index (χ0v) is 15.8. The summed E-state index contributed by atoms with van der Waals surface area (Å²) in [5, 5.41) is 0.783. The summed E-state index contributed by atoms with van der Waals surface area (Å²) in [4.78, 5) is 16.7. The Morgan fingerprint density at radius 3 is 2.52 bits per heavy atom. The largest absolute Gasteiger partial charge is 0.360 e. The van der Waals surface area contributed by atoms with Gasteiger partial charge in [0.2, 0.25) is 0 Å². The molecule has 0 fully saturated rings. The number of aryl methyl sites for hydroxylation is 1. The molecule has 0 unspecified atom stereocenters. The van der Waals surface area contributed by atoms with Gasteiger partial charge in [0.05, 0.1) is 16.3 Å². The van der Waals surface area contributed by atoms with Gasteiger partial charge in [0.25, 0.3) is 0 Å². The molecule has 7 heteroatoms. The molecule has 3 aromatic heterocycles. The molecular weight excluding hydrogens is 360 g/mol. The van der Waals surface area contributed by atoms with E-state index in [0.29, 0.717) is 10.7 Å². The van der Waals surface area contributed by atoms with Gasteiger partial charge >= 0.3 is 0 Å². The molecule has 0 aliphatic carbocycles. The summed E-state index contributed by atoms with van der Waals surface area (Å²) < 4.78 is 24.4. The number of benzene rings is 1. The van der Waals surface area contributed by atoms with Gasteiger partial charge in [0, 0.05) is 46.8 Å². The quantitative estimate of drug-likeness (QED) is 0.584. The summed E-state index contributed by atoms with van der Waals surface area (Å²) in [6, 6.07) is 8.99. The van der Waals surface area contributed by atoms with E-state index < -0.39 is 9.84 Å². The van der Waals surface area contributed by atoms with Gasteiger partial charge < -0.3 is 4.98 Å². The minimum Gasteiger partial charge on any atom is -0.360 e. The summed E-state index contributed by atoms with van der Waals surface area (Å²) in [6.45, 7) is 3.65. The second-order valence-electron chi connectivity index (χ2n) is 6.33. The Bertz CT molecular complexity index is 1230. The second-order valence-corrected chi connectivity index (χ2v) is 8.61. The molecular formula is C20H18N4O2S. The Morgan fingerprint density at radius 2 is 1.81 bits per heavy atom. The average Bonchev–Trinajstić information content (AvgIpc) is 3.11. The van der Waals surface area contributed by atoms with E-state index in [0.717, 1.165) is 33.3 Å². The zero-order valence-electron chi connectivity index (χ0n) is 15.0. The maximum atomic E-state index is 12.2. The fraction of sp³-hybridized carbons (Fsp3) is 0.150. The van der Waals surface area contributed by atoms with Gasteiger partial charge in [-0.05, 0) is 42.8 Å². The van der Waals surface area contributed by atoms with Crippen LogP contribution in [0.2, 0.25) is 0 Å². The SMILES string of the molecule is CCS(=O)(=O)c1ccc2[nH]cc(-c3ncc(-c4cc(C)ccn4)cn3)c2c1. The van der Waals surface area contributed by atoms with E-state index in [1.807, 2.05) is 19.1 Å². The van der Waals surface area contributed by atoms with Crippen LogP contribution >= 0.6 is 0 Å². The standard InChI is InChI=1S/C20H18N4O2S/c1-3-27(25,26)15-4-5-18-16(9-15)17(12-22-18)20-23-10-14(11-24-20)19-8-13(2)6-7-21-19/h4-12,22H,3H2,1-2H3. The molecule has 3 heterocycles. The number of nitrogens with one attached hydrogen (secondary N) is 1. The van der Waals surface area contributed by atoms with Crippen molar-refractivity contribution in [3.05, 3.63) is 60.7 Å². The molecule has 136 valence electrons. The Kier molecular flexibility index (Phi) is 4.24. The second kappa shape index (κ2) is 6.59. The molecule has 4 aromatic rings. The van der Waals surface area contributed by atoms with Crippen LogP contribution in [0.1, 0.15) is 12.5 Å². The number of sulfone groups is 1. The van der Waals surface area contributed by atoms with E-state index in [9.17, 15) is 8.42 Å². The van der Waals surface area contributed by atoms with E-state index in [2.05, 4.69) is 19.9 Å². The predicted molar refractivity (Wildman–Crippen MR) is 105 cm³/mol. The van der Waals surface area contributed by atoms with Crippen molar-refractivity contribution in [1.29, 1.82) is 0 Å². The number of aromatic nitrogens is 4. The lowest BCUT2D eigenvalue weighted by Gasteiger charge is -2.04. The van der Waals surface area contributed by atoms with Gasteiger partial charge in [-0.25, -0.2) is 18.4 Å². The van der Waals surface area contributed by atoms with Crippen LogP contribution < -0.4 is 0 Å². The van der Waals surface area contributed by atoms with Gasteiger partial charge in [0.1, 0.15) is 0 Å². The maximum absolute atomic E-state index is 12.2. The average molecular weight is 378 g/mol. The first-order valence-corrected chi connectivity index (χ1v) is 10.2. The van der Waals surface area contributed by atoms with Crippen molar-refractivity contribution < 1.29 is 8.42 Å². The normalized spacial score (nSPS) is 11.8. The first-order chi connectivity index (χ1) is 13.0. The summed E-state index contributed by atoms with van der Waals surface area (Å²) in [7, 11) is -3.28. The number of nitrogens with zero attached hydrogens (tertiary/aromatic N) is 3. The molecule has 0 radical (unpaired) electrons. The number of H-pyrrole nitrogens is 1. The van der Waals surface area contributed by atoms with Crippen LogP contribution in [0.5, 0.6) is 0 Å². The van der Waals surface area contributed by atoms with Gasteiger partial charge in [-0.2, -0.15) is 0 Å². The first-order valence-electron chi connectivity index (χ1n) is 8.57. The van der Waals surface area contributed by atoms with Crippen molar-refractivity contribution in [3.8, 4) is 22.6 Å². The van der Waals surface area contributed by atoms with Crippen LogP contribution in [0.25, 0.3) is 33.5 Å². The van der Waals surface area contributed by atoms with Crippen molar-refractivity contribution >= 4 is 20.7 Å². The lowest BCUT2D eigenvalue weighted by molar-refractivity contribution is 0.597. The van der Waals surface area contributed by atoms with Crippen LogP contribution in [0.4, 0.5) is 0 Å². The van der Waals surface area contributed by atoms with E-state index in [-0.39, 0.29) is 5.75 Å². The third-order valence-electron chi connectivity index (χ3n) is 4.50. The van der Waals surface area contributed by atoms with Crippen LogP contribution in [0.3, 0.4) is 0 Å². The highest BCUT2D eigenvalue weighted by Gasteiger charge is 2.15. The number of hydrogen-bond donors (Lipinski definition) is 1. The van der Waals surface area contributed by atoms with Crippen molar-refractivity contribution in [2.45, 2.75) is 18.7 Å². The molecule has 0 aliphatic rings. The summed E-state index contributed by atoms with van der Waals surface area (Å²) >= 11 is 0. The van der Waals surface area contributed by atoms with Gasteiger partial charge in [0.15, 0.2) is 15.7 Å². The highest BCUT2D eigenvalue weighted by Crippen LogP contribution is 2.29. The van der Waals surface area contributed by atoms with Crippen LogP contribution in [-0.4, -0.2) is 34.1 Å². The molecule has 0 spiro atoms. The highest BCUT2D eigenvalue weighted by atomic mass is 32.2. The Balaban J connectivity index is 1.77. The topological polar surface area (TPSA) is 88.6 Å². The summed E-state index contributed by atoms with van der Waals surface area (Å²) in [5.74, 6) is 0.594. The molecule has 4 rings (SSSR count). The monoisotopic (exact) mass is 378 g/mol. The Hall–Kier alpha value is -3.06. The Labute approximate surface area is 157 Å². The molecule has 0 atom stereocenters. The van der Waals surface area contributed by atoms with E-state index in [4.69, 9.17) is 0 Å². The van der Waals surface area contributed by atoms with E-state index >= 15 is 0 Å². The molecule has 0 aliphatic heterocycles. The van der Waals surface area contributed by atoms with Crippen LogP contribution in [0, 0.1) is 6.92 Å². The molecule has 0 saturated carbocycles. The van der Waals surface area contributed by atoms with E-state index in [1.165, 1.54) is 0 Å².